The predicted octanol–water partition coefficient (Wildman–Crippen LogP) is 5.21. The van der Waals surface area contributed by atoms with E-state index in [0.717, 1.165) is 27.7 Å². The summed E-state index contributed by atoms with van der Waals surface area (Å²) in [6, 6.07) is 33.1. The van der Waals surface area contributed by atoms with Crippen LogP contribution in [0.5, 0.6) is 0 Å². The Morgan fingerprint density at radius 2 is 1.56 bits per heavy atom. The van der Waals surface area contributed by atoms with E-state index in [1.165, 1.54) is 0 Å². The molecule has 0 radical (unpaired) electrons. The lowest BCUT2D eigenvalue weighted by Crippen LogP contribution is -2.28. The number of amides is 2. The highest BCUT2D eigenvalue weighted by molar-refractivity contribution is 6.00. The molecule has 0 aliphatic heterocycles. The van der Waals surface area contributed by atoms with Gasteiger partial charge in [0, 0.05) is 48.0 Å². The number of hydrogen-bond acceptors (Lipinski definition) is 4. The van der Waals surface area contributed by atoms with E-state index < -0.39 is 0 Å². The lowest BCUT2D eigenvalue weighted by molar-refractivity contribution is -0.121. The van der Waals surface area contributed by atoms with Crippen LogP contribution in [0.2, 0.25) is 0 Å². The SMILES string of the molecule is O=C(COCc1ccccc1)Nc1ccc2c(c1)cc(C(=O)NCCc1ccccn1)n2Cc1ccccc1. The molecular formula is C32H30N4O3. The van der Waals surface area contributed by atoms with Crippen molar-refractivity contribution in [2.45, 2.75) is 19.6 Å². The summed E-state index contributed by atoms with van der Waals surface area (Å²) in [5, 5.41) is 6.80. The molecule has 0 aliphatic rings. The van der Waals surface area contributed by atoms with Crippen LogP contribution < -0.4 is 10.6 Å². The molecule has 0 bridgehead atoms. The van der Waals surface area contributed by atoms with E-state index in [1.807, 2.05) is 108 Å². The lowest BCUT2D eigenvalue weighted by atomic mass is 10.2. The molecule has 0 fully saturated rings. The van der Waals surface area contributed by atoms with E-state index in [-0.39, 0.29) is 18.4 Å². The number of carbonyl (C=O) groups excluding carboxylic acids is 2. The Morgan fingerprint density at radius 3 is 2.31 bits per heavy atom. The second-order valence-corrected chi connectivity index (χ2v) is 9.23. The van der Waals surface area contributed by atoms with Crippen LogP contribution in [0.15, 0.2) is 109 Å². The predicted molar refractivity (Wildman–Crippen MR) is 152 cm³/mol. The Kier molecular flexibility index (Phi) is 8.41. The van der Waals surface area contributed by atoms with Gasteiger partial charge >= 0.3 is 0 Å². The van der Waals surface area contributed by atoms with Gasteiger partial charge in [0.1, 0.15) is 12.3 Å². The van der Waals surface area contributed by atoms with Crippen LogP contribution in [-0.4, -0.2) is 34.5 Å². The maximum atomic E-state index is 13.3. The molecule has 196 valence electrons. The molecule has 0 atom stereocenters. The minimum atomic E-state index is -0.235. The third-order valence-electron chi connectivity index (χ3n) is 6.34. The average Bonchev–Trinajstić information content (AvgIpc) is 3.32. The molecule has 2 amide bonds. The van der Waals surface area contributed by atoms with Crippen LogP contribution in [0.1, 0.15) is 27.3 Å². The zero-order chi connectivity index (χ0) is 26.9. The van der Waals surface area contributed by atoms with Gasteiger partial charge in [-0.05, 0) is 47.5 Å². The van der Waals surface area contributed by atoms with Gasteiger partial charge in [0.25, 0.3) is 5.91 Å². The van der Waals surface area contributed by atoms with Gasteiger partial charge in [-0.1, -0.05) is 66.7 Å². The molecule has 2 N–H and O–H groups in total. The summed E-state index contributed by atoms with van der Waals surface area (Å²) >= 11 is 0. The molecule has 0 saturated heterocycles. The average molecular weight is 519 g/mol. The minimum Gasteiger partial charge on any atom is -0.367 e. The molecule has 0 unspecified atom stereocenters. The van der Waals surface area contributed by atoms with Gasteiger partial charge in [-0.25, -0.2) is 0 Å². The third kappa shape index (κ3) is 6.97. The fraction of sp³-hybridized carbons (Fsp3) is 0.156. The van der Waals surface area contributed by atoms with E-state index in [1.54, 1.807) is 6.20 Å². The second kappa shape index (κ2) is 12.7. The maximum Gasteiger partial charge on any atom is 0.267 e. The van der Waals surface area contributed by atoms with Gasteiger partial charge in [-0.15, -0.1) is 0 Å². The van der Waals surface area contributed by atoms with Crippen LogP contribution in [0.4, 0.5) is 5.69 Å². The molecule has 39 heavy (non-hydrogen) atoms. The summed E-state index contributed by atoms with van der Waals surface area (Å²) in [4.78, 5) is 30.1. The monoisotopic (exact) mass is 518 g/mol. The number of aromatic nitrogens is 2. The number of nitrogens with zero attached hydrogens (tertiary/aromatic N) is 2. The molecule has 7 heteroatoms. The number of rotatable bonds is 11. The molecule has 0 aliphatic carbocycles. The topological polar surface area (TPSA) is 85.2 Å². The smallest absolute Gasteiger partial charge is 0.267 e. The second-order valence-electron chi connectivity index (χ2n) is 9.23. The zero-order valence-corrected chi connectivity index (χ0v) is 21.5. The third-order valence-corrected chi connectivity index (χ3v) is 6.34. The molecule has 3 aromatic carbocycles. The minimum absolute atomic E-state index is 0.0497. The number of ether oxygens (including phenoxy) is 1. The van der Waals surface area contributed by atoms with E-state index in [4.69, 9.17) is 4.74 Å². The standard InChI is InChI=1S/C32H30N4O3/c37-31(23-39-22-25-11-5-2-6-12-25)35-28-14-15-29-26(19-28)20-30(36(29)21-24-9-3-1-4-10-24)32(38)34-18-16-27-13-7-8-17-33-27/h1-15,17,19-20H,16,18,21-23H2,(H,34,38)(H,35,37). The van der Waals surface area contributed by atoms with Crippen LogP contribution in [-0.2, 0) is 29.1 Å². The van der Waals surface area contributed by atoms with Crippen molar-refractivity contribution >= 4 is 28.4 Å². The van der Waals surface area contributed by atoms with Crippen molar-refractivity contribution in [2.24, 2.45) is 0 Å². The number of carbonyl (C=O) groups is 2. The Bertz CT molecular complexity index is 1530. The van der Waals surface area contributed by atoms with Crippen LogP contribution in [0, 0.1) is 0 Å². The van der Waals surface area contributed by atoms with Crippen molar-refractivity contribution in [1.82, 2.24) is 14.9 Å². The summed E-state index contributed by atoms with van der Waals surface area (Å²) in [5.74, 6) is -0.389. The summed E-state index contributed by atoms with van der Waals surface area (Å²) in [7, 11) is 0. The first-order chi connectivity index (χ1) is 19.2. The van der Waals surface area contributed by atoms with Gasteiger partial charge in [0.05, 0.1) is 6.61 Å². The summed E-state index contributed by atoms with van der Waals surface area (Å²) in [6.07, 6.45) is 2.40. The fourth-order valence-electron chi connectivity index (χ4n) is 4.45. The highest BCUT2D eigenvalue weighted by Gasteiger charge is 2.17. The quantitative estimate of drug-likeness (QED) is 0.251. The van der Waals surface area contributed by atoms with E-state index in [9.17, 15) is 9.59 Å². The van der Waals surface area contributed by atoms with Crippen molar-refractivity contribution in [2.75, 3.05) is 18.5 Å². The number of fused-ring (bicyclic) bond motifs is 1. The summed E-state index contributed by atoms with van der Waals surface area (Å²) in [5.41, 5.74) is 5.14. The molecule has 2 aromatic heterocycles. The first-order valence-electron chi connectivity index (χ1n) is 12.9. The van der Waals surface area contributed by atoms with Crippen LogP contribution in [0.3, 0.4) is 0 Å². The number of nitrogens with one attached hydrogen (secondary N) is 2. The first-order valence-corrected chi connectivity index (χ1v) is 12.9. The zero-order valence-electron chi connectivity index (χ0n) is 21.5. The van der Waals surface area contributed by atoms with E-state index in [0.29, 0.717) is 37.5 Å². The molecule has 7 nitrogen and oxygen atoms in total. The highest BCUT2D eigenvalue weighted by atomic mass is 16.5. The lowest BCUT2D eigenvalue weighted by Gasteiger charge is -2.12. The molecule has 0 saturated carbocycles. The molecular weight excluding hydrogens is 488 g/mol. The highest BCUT2D eigenvalue weighted by Crippen LogP contribution is 2.25. The normalized spacial score (nSPS) is 10.9. The van der Waals surface area contributed by atoms with E-state index in [2.05, 4.69) is 15.6 Å². The van der Waals surface area contributed by atoms with Crippen molar-refractivity contribution in [1.29, 1.82) is 0 Å². The van der Waals surface area contributed by atoms with Gasteiger partial charge in [0.2, 0.25) is 5.91 Å². The Labute approximate surface area is 227 Å². The van der Waals surface area contributed by atoms with E-state index >= 15 is 0 Å². The Balaban J connectivity index is 1.30. The van der Waals surface area contributed by atoms with Crippen LogP contribution >= 0.6 is 0 Å². The summed E-state index contributed by atoms with van der Waals surface area (Å²) < 4.78 is 7.57. The molecule has 0 spiro atoms. The van der Waals surface area contributed by atoms with Crippen molar-refractivity contribution in [3.63, 3.8) is 0 Å². The Hall–Kier alpha value is -4.75. The number of hydrogen-bond donors (Lipinski definition) is 2. The van der Waals surface area contributed by atoms with Gasteiger partial charge in [0.15, 0.2) is 0 Å². The number of pyridine rings is 1. The van der Waals surface area contributed by atoms with Gasteiger partial charge in [-0.3, -0.25) is 14.6 Å². The first kappa shape index (κ1) is 25.9. The molecule has 2 heterocycles. The van der Waals surface area contributed by atoms with Gasteiger partial charge in [-0.2, -0.15) is 0 Å². The van der Waals surface area contributed by atoms with Gasteiger partial charge < -0.3 is 19.9 Å². The fourth-order valence-corrected chi connectivity index (χ4v) is 4.45. The Morgan fingerprint density at radius 1 is 0.821 bits per heavy atom. The number of benzene rings is 3. The largest absolute Gasteiger partial charge is 0.367 e. The van der Waals surface area contributed by atoms with Crippen molar-refractivity contribution in [3.8, 4) is 0 Å². The molecule has 5 rings (SSSR count). The molecule has 5 aromatic rings. The van der Waals surface area contributed by atoms with Crippen LogP contribution in [0.25, 0.3) is 10.9 Å². The van der Waals surface area contributed by atoms with Crippen molar-refractivity contribution in [3.05, 3.63) is 132 Å². The maximum absolute atomic E-state index is 13.3. The number of anilines is 1. The summed E-state index contributed by atoms with van der Waals surface area (Å²) in [6.45, 7) is 1.35. The van der Waals surface area contributed by atoms with Crippen molar-refractivity contribution < 1.29 is 14.3 Å².